The van der Waals surface area contributed by atoms with Crippen LogP contribution in [0.2, 0.25) is 0 Å². The van der Waals surface area contributed by atoms with Crippen molar-refractivity contribution < 1.29 is 13.2 Å². The molecule has 0 aliphatic carbocycles. The average Bonchev–Trinajstić information content (AvgIpc) is 2.89. The van der Waals surface area contributed by atoms with Crippen LogP contribution >= 0.6 is 0 Å². The topological polar surface area (TPSA) is 42.7 Å². The number of nitrogens with one attached hydrogen (secondary N) is 1. The molecule has 0 fully saturated rings. The van der Waals surface area contributed by atoms with E-state index in [9.17, 15) is 13.2 Å². The molecule has 2 aromatic rings. The summed E-state index contributed by atoms with van der Waals surface area (Å²) in [5.41, 5.74) is 0.559. The Balaban J connectivity index is 2.16. The molecule has 0 aromatic carbocycles. The van der Waals surface area contributed by atoms with E-state index in [1.807, 2.05) is 0 Å². The number of nitrogens with zero attached hydrogens (tertiary/aromatic N) is 3. The quantitative estimate of drug-likeness (QED) is 0.859. The fourth-order valence-corrected chi connectivity index (χ4v) is 1.71. The predicted octanol–water partition coefficient (Wildman–Crippen LogP) is 2.79. The van der Waals surface area contributed by atoms with Crippen molar-refractivity contribution in [2.75, 3.05) is 6.54 Å². The summed E-state index contributed by atoms with van der Waals surface area (Å²) in [5, 5.41) is 6.93. The Morgan fingerprint density at radius 2 is 2.15 bits per heavy atom. The first-order valence-corrected chi connectivity index (χ1v) is 6.28. The summed E-state index contributed by atoms with van der Waals surface area (Å²) in [5.74, 6) is 0. The van der Waals surface area contributed by atoms with Gasteiger partial charge < -0.3 is 5.32 Å². The highest BCUT2D eigenvalue weighted by molar-refractivity contribution is 5.32. The second kappa shape index (κ2) is 6.04. The normalized spacial score (nSPS) is 11.8. The van der Waals surface area contributed by atoms with Crippen molar-refractivity contribution in [2.45, 2.75) is 26.1 Å². The second-order valence-corrected chi connectivity index (χ2v) is 4.35. The van der Waals surface area contributed by atoms with E-state index in [0.717, 1.165) is 31.1 Å². The third-order valence-electron chi connectivity index (χ3n) is 2.71. The van der Waals surface area contributed by atoms with E-state index in [1.165, 1.54) is 4.68 Å². The van der Waals surface area contributed by atoms with Gasteiger partial charge in [0, 0.05) is 18.9 Å². The van der Waals surface area contributed by atoms with Gasteiger partial charge in [0.2, 0.25) is 0 Å². The predicted molar refractivity (Wildman–Crippen MR) is 68.4 cm³/mol. The third kappa shape index (κ3) is 3.57. The van der Waals surface area contributed by atoms with Crippen LogP contribution in [0.25, 0.3) is 5.69 Å². The zero-order valence-corrected chi connectivity index (χ0v) is 11.0. The molecule has 7 heteroatoms. The monoisotopic (exact) mass is 284 g/mol. The first-order valence-electron chi connectivity index (χ1n) is 6.28. The molecule has 4 nitrogen and oxygen atoms in total. The molecule has 2 rings (SSSR count). The lowest BCUT2D eigenvalue weighted by Crippen LogP contribution is -2.15. The van der Waals surface area contributed by atoms with Gasteiger partial charge in [-0.05, 0) is 25.1 Å². The Morgan fingerprint density at radius 1 is 1.35 bits per heavy atom. The van der Waals surface area contributed by atoms with E-state index >= 15 is 0 Å². The smallest absolute Gasteiger partial charge is 0.311 e. The Morgan fingerprint density at radius 3 is 2.80 bits per heavy atom. The van der Waals surface area contributed by atoms with Crippen LogP contribution < -0.4 is 5.32 Å². The van der Waals surface area contributed by atoms with Crippen LogP contribution in [0.4, 0.5) is 13.2 Å². The first-order chi connectivity index (χ1) is 9.50. The van der Waals surface area contributed by atoms with Gasteiger partial charge >= 0.3 is 6.18 Å². The minimum atomic E-state index is -4.38. The number of hydrogen-bond acceptors (Lipinski definition) is 3. The maximum atomic E-state index is 12.5. The van der Waals surface area contributed by atoms with E-state index in [1.54, 1.807) is 18.3 Å². The van der Waals surface area contributed by atoms with Crippen LogP contribution in [0.1, 0.15) is 24.6 Å². The minimum absolute atomic E-state index is 0.559. The van der Waals surface area contributed by atoms with Crippen molar-refractivity contribution in [2.24, 2.45) is 0 Å². The highest BCUT2D eigenvalue weighted by Crippen LogP contribution is 2.29. The first kappa shape index (κ1) is 14.5. The van der Waals surface area contributed by atoms with E-state index in [-0.39, 0.29) is 0 Å². The number of alkyl halides is 3. The molecule has 1 N–H and O–H groups in total. The van der Waals surface area contributed by atoms with Gasteiger partial charge in [0.15, 0.2) is 0 Å². The minimum Gasteiger partial charge on any atom is -0.311 e. The van der Waals surface area contributed by atoms with Gasteiger partial charge in [-0.15, -0.1) is 0 Å². The molecule has 0 amide bonds. The van der Waals surface area contributed by atoms with Crippen LogP contribution in [-0.2, 0) is 12.7 Å². The second-order valence-electron chi connectivity index (χ2n) is 4.35. The van der Waals surface area contributed by atoms with Crippen LogP contribution in [0.15, 0.2) is 30.7 Å². The Labute approximate surface area is 114 Å². The molecule has 20 heavy (non-hydrogen) atoms. The molecular weight excluding hydrogens is 269 g/mol. The average molecular weight is 284 g/mol. The number of aromatic nitrogens is 3. The zero-order valence-electron chi connectivity index (χ0n) is 11.0. The van der Waals surface area contributed by atoms with E-state index in [4.69, 9.17) is 0 Å². The molecule has 108 valence electrons. The highest BCUT2D eigenvalue weighted by Gasteiger charge is 2.32. The summed E-state index contributed by atoms with van der Waals surface area (Å²) in [7, 11) is 0. The van der Waals surface area contributed by atoms with Gasteiger partial charge in [-0.25, -0.2) is 4.68 Å². The van der Waals surface area contributed by atoms with Crippen molar-refractivity contribution in [1.82, 2.24) is 20.1 Å². The van der Waals surface area contributed by atoms with Crippen LogP contribution in [0, 0.1) is 0 Å². The standard InChI is InChI=1S/C13H15F3N4/c1-2-4-17-8-11-6-12(3-5-18-11)20-9-10(7-19-20)13(14,15)16/h3,5-7,9,17H,2,4,8H2,1H3. The maximum absolute atomic E-state index is 12.5. The number of pyridine rings is 1. The molecule has 0 saturated carbocycles. The third-order valence-corrected chi connectivity index (χ3v) is 2.71. The molecule has 0 spiro atoms. The molecule has 0 radical (unpaired) electrons. The van der Waals surface area contributed by atoms with Crippen LogP contribution in [-0.4, -0.2) is 21.3 Å². The number of halogens is 3. The van der Waals surface area contributed by atoms with Gasteiger partial charge in [0.25, 0.3) is 0 Å². The lowest BCUT2D eigenvalue weighted by atomic mass is 10.3. The molecular formula is C13H15F3N4. The number of hydrogen-bond donors (Lipinski definition) is 1. The summed E-state index contributed by atoms with van der Waals surface area (Å²) >= 11 is 0. The lowest BCUT2D eigenvalue weighted by molar-refractivity contribution is -0.137. The van der Waals surface area contributed by atoms with Crippen molar-refractivity contribution in [3.8, 4) is 5.69 Å². The summed E-state index contributed by atoms with van der Waals surface area (Å²) in [6.07, 6.45) is -0.0220. The van der Waals surface area contributed by atoms with E-state index < -0.39 is 11.7 Å². The lowest BCUT2D eigenvalue weighted by Gasteiger charge is -2.06. The van der Waals surface area contributed by atoms with Crippen molar-refractivity contribution in [3.05, 3.63) is 42.0 Å². The van der Waals surface area contributed by atoms with Crippen molar-refractivity contribution >= 4 is 0 Å². The fraction of sp³-hybridized carbons (Fsp3) is 0.385. The summed E-state index contributed by atoms with van der Waals surface area (Å²) in [6, 6.07) is 3.34. The van der Waals surface area contributed by atoms with E-state index in [0.29, 0.717) is 12.2 Å². The van der Waals surface area contributed by atoms with E-state index in [2.05, 4.69) is 22.3 Å². The van der Waals surface area contributed by atoms with Gasteiger partial charge in [-0.2, -0.15) is 18.3 Å². The van der Waals surface area contributed by atoms with Crippen LogP contribution in [0.5, 0.6) is 0 Å². The molecule has 2 aromatic heterocycles. The summed E-state index contributed by atoms with van der Waals surface area (Å²) < 4.78 is 38.8. The summed E-state index contributed by atoms with van der Waals surface area (Å²) in [6.45, 7) is 3.50. The highest BCUT2D eigenvalue weighted by atomic mass is 19.4. The molecule has 0 aliphatic heterocycles. The largest absolute Gasteiger partial charge is 0.419 e. The van der Waals surface area contributed by atoms with Gasteiger partial charge in [0.1, 0.15) is 0 Å². The van der Waals surface area contributed by atoms with Gasteiger partial charge in [-0.1, -0.05) is 6.92 Å². The molecule has 0 atom stereocenters. The van der Waals surface area contributed by atoms with Crippen molar-refractivity contribution in [1.29, 1.82) is 0 Å². The Hall–Kier alpha value is -1.89. The molecule has 0 aliphatic rings. The zero-order chi connectivity index (χ0) is 14.6. The Kier molecular flexibility index (Phi) is 4.39. The molecule has 0 unspecified atom stereocenters. The number of rotatable bonds is 5. The van der Waals surface area contributed by atoms with Crippen molar-refractivity contribution in [3.63, 3.8) is 0 Å². The molecule has 0 saturated heterocycles. The Bertz CT molecular complexity index is 563. The maximum Gasteiger partial charge on any atom is 0.419 e. The molecule has 0 bridgehead atoms. The SMILES string of the molecule is CCCNCc1cc(-n2cc(C(F)(F)F)cn2)ccn1. The van der Waals surface area contributed by atoms with Gasteiger partial charge in [-0.3, -0.25) is 4.98 Å². The summed E-state index contributed by atoms with van der Waals surface area (Å²) in [4.78, 5) is 4.17. The van der Waals surface area contributed by atoms with Gasteiger partial charge in [0.05, 0.1) is 23.1 Å². The fourth-order valence-electron chi connectivity index (χ4n) is 1.71. The van der Waals surface area contributed by atoms with Crippen LogP contribution in [0.3, 0.4) is 0 Å². The molecule has 2 heterocycles.